The molecule has 0 aliphatic heterocycles. The minimum atomic E-state index is -0.211. The van der Waals surface area contributed by atoms with Gasteiger partial charge in [0, 0.05) is 5.39 Å². The van der Waals surface area contributed by atoms with Crippen LogP contribution in [-0.2, 0) is 0 Å². The van der Waals surface area contributed by atoms with Crippen molar-refractivity contribution < 1.29 is 10.2 Å². The second-order valence-electron chi connectivity index (χ2n) is 5.57. The Kier molecular flexibility index (Phi) is 3.42. The molecule has 0 spiro atoms. The minimum absolute atomic E-state index is 0.183. The second kappa shape index (κ2) is 5.75. The molecule has 2 aromatic heterocycles. The summed E-state index contributed by atoms with van der Waals surface area (Å²) < 4.78 is 0. The van der Waals surface area contributed by atoms with Crippen molar-refractivity contribution in [2.45, 2.75) is 6.92 Å². The van der Waals surface area contributed by atoms with Crippen LogP contribution in [0.2, 0.25) is 0 Å². The molecule has 0 aliphatic rings. The Labute approximate surface area is 141 Å². The number of aromatic nitrogens is 4. The predicted molar refractivity (Wildman–Crippen MR) is 94.9 cm³/mol. The molecule has 0 saturated carbocycles. The predicted octanol–water partition coefficient (Wildman–Crippen LogP) is 2.67. The molecular formula is C17H14N6O2. The first-order valence-corrected chi connectivity index (χ1v) is 7.54. The van der Waals surface area contributed by atoms with Gasteiger partial charge in [0.05, 0.1) is 11.7 Å². The van der Waals surface area contributed by atoms with E-state index in [4.69, 9.17) is 0 Å². The number of benzene rings is 2. The first-order chi connectivity index (χ1) is 12.1. The average Bonchev–Trinajstić information content (AvgIpc) is 2.97. The van der Waals surface area contributed by atoms with Crippen LogP contribution in [0.4, 0.5) is 5.95 Å². The molecule has 2 aromatic carbocycles. The highest BCUT2D eigenvalue weighted by atomic mass is 16.3. The number of anilines is 1. The topological polar surface area (TPSA) is 119 Å². The SMILES string of the molecule is Cc1cccc2c1[nH]c1nc(NN=Cc3ccc(O)c(O)c3)nnc12. The normalized spacial score (nSPS) is 11.6. The van der Waals surface area contributed by atoms with Crippen molar-refractivity contribution in [3.8, 4) is 11.5 Å². The molecule has 8 nitrogen and oxygen atoms in total. The number of phenols is 2. The van der Waals surface area contributed by atoms with Crippen LogP contribution in [0.1, 0.15) is 11.1 Å². The van der Waals surface area contributed by atoms with Gasteiger partial charge < -0.3 is 15.2 Å². The zero-order valence-electron chi connectivity index (χ0n) is 13.2. The summed E-state index contributed by atoms with van der Waals surface area (Å²) in [4.78, 5) is 7.62. The summed E-state index contributed by atoms with van der Waals surface area (Å²) >= 11 is 0. The van der Waals surface area contributed by atoms with E-state index in [9.17, 15) is 10.2 Å². The third kappa shape index (κ3) is 2.69. The maximum Gasteiger partial charge on any atom is 0.265 e. The van der Waals surface area contributed by atoms with Crippen molar-refractivity contribution in [2.24, 2.45) is 5.10 Å². The Morgan fingerprint density at radius 2 is 2.00 bits per heavy atom. The molecule has 0 radical (unpaired) electrons. The third-order valence-corrected chi connectivity index (χ3v) is 3.84. The van der Waals surface area contributed by atoms with Crippen LogP contribution in [0.5, 0.6) is 11.5 Å². The number of aromatic hydroxyl groups is 2. The first-order valence-electron chi connectivity index (χ1n) is 7.54. The molecule has 4 rings (SSSR count). The number of phenolic OH excluding ortho intramolecular Hbond substituents is 2. The number of rotatable bonds is 3. The number of hydrogen-bond acceptors (Lipinski definition) is 7. The molecule has 4 N–H and O–H groups in total. The van der Waals surface area contributed by atoms with Gasteiger partial charge >= 0.3 is 0 Å². The molecule has 25 heavy (non-hydrogen) atoms. The van der Waals surface area contributed by atoms with E-state index >= 15 is 0 Å². The second-order valence-corrected chi connectivity index (χ2v) is 5.57. The summed E-state index contributed by atoms with van der Waals surface area (Å²) in [5.41, 5.74) is 6.73. The summed E-state index contributed by atoms with van der Waals surface area (Å²) in [6.07, 6.45) is 1.47. The number of aryl methyl sites for hydroxylation is 1. The number of nitrogens with one attached hydrogen (secondary N) is 2. The van der Waals surface area contributed by atoms with Gasteiger partial charge in [-0.15, -0.1) is 10.2 Å². The lowest BCUT2D eigenvalue weighted by atomic mass is 10.1. The minimum Gasteiger partial charge on any atom is -0.504 e. The summed E-state index contributed by atoms with van der Waals surface area (Å²) in [5.74, 6) is -0.148. The van der Waals surface area contributed by atoms with Gasteiger partial charge in [-0.1, -0.05) is 18.2 Å². The Morgan fingerprint density at radius 1 is 1.12 bits per heavy atom. The van der Waals surface area contributed by atoms with E-state index in [0.29, 0.717) is 16.7 Å². The Balaban J connectivity index is 1.61. The van der Waals surface area contributed by atoms with Gasteiger partial charge in [-0.3, -0.25) is 0 Å². The fraction of sp³-hybridized carbons (Fsp3) is 0.0588. The van der Waals surface area contributed by atoms with E-state index in [0.717, 1.165) is 16.5 Å². The van der Waals surface area contributed by atoms with Crippen LogP contribution in [0.25, 0.3) is 22.1 Å². The number of fused-ring (bicyclic) bond motifs is 3. The molecule has 2 heterocycles. The van der Waals surface area contributed by atoms with Crippen molar-refractivity contribution in [3.05, 3.63) is 47.5 Å². The van der Waals surface area contributed by atoms with Crippen molar-refractivity contribution in [1.29, 1.82) is 0 Å². The maximum atomic E-state index is 9.46. The number of para-hydroxylation sites is 1. The maximum absolute atomic E-state index is 9.46. The molecule has 0 saturated heterocycles. The molecule has 0 atom stereocenters. The van der Waals surface area contributed by atoms with Crippen LogP contribution in [-0.4, -0.2) is 36.6 Å². The molecule has 8 heteroatoms. The van der Waals surface area contributed by atoms with Gasteiger partial charge in [-0.2, -0.15) is 10.1 Å². The Bertz CT molecular complexity index is 1120. The number of hydrazone groups is 1. The monoisotopic (exact) mass is 334 g/mol. The van der Waals surface area contributed by atoms with Crippen LogP contribution in [0.3, 0.4) is 0 Å². The van der Waals surface area contributed by atoms with E-state index in [1.165, 1.54) is 18.3 Å². The van der Waals surface area contributed by atoms with Crippen molar-refractivity contribution in [3.63, 3.8) is 0 Å². The molecule has 0 aliphatic carbocycles. The third-order valence-electron chi connectivity index (χ3n) is 3.84. The highest BCUT2D eigenvalue weighted by Gasteiger charge is 2.09. The fourth-order valence-electron chi connectivity index (χ4n) is 2.58. The average molecular weight is 334 g/mol. The van der Waals surface area contributed by atoms with E-state index in [1.54, 1.807) is 6.07 Å². The van der Waals surface area contributed by atoms with E-state index in [-0.39, 0.29) is 17.4 Å². The quantitative estimate of drug-likeness (QED) is 0.260. The van der Waals surface area contributed by atoms with Gasteiger partial charge in [0.2, 0.25) is 0 Å². The lowest BCUT2D eigenvalue weighted by Crippen LogP contribution is -1.98. The number of H-pyrrole nitrogens is 1. The van der Waals surface area contributed by atoms with Gasteiger partial charge in [0.1, 0.15) is 5.52 Å². The van der Waals surface area contributed by atoms with Gasteiger partial charge in [0.15, 0.2) is 17.1 Å². The number of hydrogen-bond donors (Lipinski definition) is 4. The van der Waals surface area contributed by atoms with Crippen molar-refractivity contribution in [1.82, 2.24) is 20.2 Å². The summed E-state index contributed by atoms with van der Waals surface area (Å²) in [7, 11) is 0. The van der Waals surface area contributed by atoms with Gasteiger partial charge in [0.25, 0.3) is 5.95 Å². The fourth-order valence-corrected chi connectivity index (χ4v) is 2.58. The first kappa shape index (κ1) is 14.9. The molecule has 0 amide bonds. The van der Waals surface area contributed by atoms with E-state index < -0.39 is 0 Å². The summed E-state index contributed by atoms with van der Waals surface area (Å²) in [6, 6.07) is 10.3. The Morgan fingerprint density at radius 3 is 2.84 bits per heavy atom. The molecule has 0 unspecified atom stereocenters. The van der Waals surface area contributed by atoms with Crippen LogP contribution in [0, 0.1) is 6.92 Å². The van der Waals surface area contributed by atoms with E-state index in [2.05, 4.69) is 30.7 Å². The zero-order chi connectivity index (χ0) is 17.4. The number of aromatic amines is 1. The zero-order valence-corrected chi connectivity index (χ0v) is 13.2. The van der Waals surface area contributed by atoms with Crippen molar-refractivity contribution in [2.75, 3.05) is 5.43 Å². The molecule has 0 fully saturated rings. The lowest BCUT2D eigenvalue weighted by molar-refractivity contribution is 0.403. The highest BCUT2D eigenvalue weighted by molar-refractivity contribution is 6.04. The van der Waals surface area contributed by atoms with Crippen LogP contribution in [0.15, 0.2) is 41.5 Å². The Hall–Kier alpha value is -3.68. The van der Waals surface area contributed by atoms with Crippen molar-refractivity contribution >= 4 is 34.2 Å². The lowest BCUT2D eigenvalue weighted by Gasteiger charge is -1.99. The van der Waals surface area contributed by atoms with Crippen LogP contribution >= 0.6 is 0 Å². The largest absolute Gasteiger partial charge is 0.504 e. The number of nitrogens with zero attached hydrogens (tertiary/aromatic N) is 4. The summed E-state index contributed by atoms with van der Waals surface area (Å²) in [5, 5.41) is 32.0. The van der Waals surface area contributed by atoms with Gasteiger partial charge in [-0.05, 0) is 36.2 Å². The summed E-state index contributed by atoms with van der Waals surface area (Å²) in [6.45, 7) is 2.02. The van der Waals surface area contributed by atoms with Gasteiger partial charge in [-0.25, -0.2) is 5.43 Å². The smallest absolute Gasteiger partial charge is 0.265 e. The molecule has 4 aromatic rings. The molecular weight excluding hydrogens is 320 g/mol. The molecule has 0 bridgehead atoms. The van der Waals surface area contributed by atoms with Crippen LogP contribution < -0.4 is 5.43 Å². The van der Waals surface area contributed by atoms with E-state index in [1.807, 2.05) is 25.1 Å². The highest BCUT2D eigenvalue weighted by Crippen LogP contribution is 2.25. The standard InChI is InChI=1S/C17H14N6O2/c1-9-3-2-4-11-14(9)19-16-15(11)21-23-17(20-16)22-18-8-10-5-6-12(24)13(25)7-10/h2-8,24-25H,1H3,(H2,19,20,22,23). The molecule has 124 valence electrons.